The van der Waals surface area contributed by atoms with E-state index in [1.165, 1.54) is 49.9 Å². The van der Waals surface area contributed by atoms with Crippen molar-refractivity contribution in [2.75, 3.05) is 13.1 Å². The third-order valence-corrected chi connectivity index (χ3v) is 4.64. The number of benzene rings is 1. The maximum absolute atomic E-state index is 4.18. The highest BCUT2D eigenvalue weighted by molar-refractivity contribution is 5.14. The van der Waals surface area contributed by atoms with Gasteiger partial charge in [0.15, 0.2) is 0 Å². The van der Waals surface area contributed by atoms with E-state index in [0.717, 1.165) is 18.4 Å². The van der Waals surface area contributed by atoms with Gasteiger partial charge in [0.05, 0.1) is 0 Å². The summed E-state index contributed by atoms with van der Waals surface area (Å²) in [6, 6.07) is 10.9. The van der Waals surface area contributed by atoms with Crippen molar-refractivity contribution in [1.82, 2.24) is 4.90 Å². The Kier molecular flexibility index (Phi) is 3.51. The summed E-state index contributed by atoms with van der Waals surface area (Å²) in [5.41, 5.74) is 2.95. The molecule has 1 heterocycles. The first-order valence-corrected chi connectivity index (χ1v) is 7.24. The minimum atomic E-state index is 0.924. The van der Waals surface area contributed by atoms with Gasteiger partial charge in [-0.25, -0.2) is 0 Å². The van der Waals surface area contributed by atoms with Gasteiger partial charge in [0.2, 0.25) is 0 Å². The first-order valence-electron chi connectivity index (χ1n) is 7.24. The quantitative estimate of drug-likeness (QED) is 0.711. The lowest BCUT2D eigenvalue weighted by molar-refractivity contribution is 0.0958. The van der Waals surface area contributed by atoms with Gasteiger partial charge in [0.25, 0.3) is 0 Å². The van der Waals surface area contributed by atoms with E-state index in [0.29, 0.717) is 0 Å². The molecular formula is C17H23N. The SMILES string of the molecule is C=C1CCC2CN(Cc3ccccc3)CCC2C1. The molecule has 0 N–H and O–H groups in total. The molecule has 1 aromatic rings. The molecule has 1 aliphatic heterocycles. The maximum Gasteiger partial charge on any atom is 0.0233 e. The van der Waals surface area contributed by atoms with Crippen LogP contribution in [0.4, 0.5) is 0 Å². The molecule has 1 saturated carbocycles. The van der Waals surface area contributed by atoms with Crippen molar-refractivity contribution < 1.29 is 0 Å². The van der Waals surface area contributed by atoms with Crippen molar-refractivity contribution in [2.24, 2.45) is 11.8 Å². The molecule has 2 aliphatic rings. The predicted octanol–water partition coefficient (Wildman–Crippen LogP) is 3.86. The molecule has 0 amide bonds. The Hall–Kier alpha value is -1.08. The van der Waals surface area contributed by atoms with E-state index >= 15 is 0 Å². The van der Waals surface area contributed by atoms with Crippen molar-refractivity contribution >= 4 is 0 Å². The van der Waals surface area contributed by atoms with Crippen LogP contribution in [0.5, 0.6) is 0 Å². The van der Waals surface area contributed by atoms with Crippen molar-refractivity contribution in [1.29, 1.82) is 0 Å². The monoisotopic (exact) mass is 241 g/mol. The fraction of sp³-hybridized carbons (Fsp3) is 0.529. The Morgan fingerprint density at radius 2 is 1.94 bits per heavy atom. The van der Waals surface area contributed by atoms with Gasteiger partial charge in [-0.05, 0) is 49.6 Å². The highest BCUT2D eigenvalue weighted by atomic mass is 15.1. The number of fused-ring (bicyclic) bond motifs is 1. The van der Waals surface area contributed by atoms with Crippen LogP contribution in [0.1, 0.15) is 31.2 Å². The zero-order valence-corrected chi connectivity index (χ0v) is 11.1. The van der Waals surface area contributed by atoms with Gasteiger partial charge in [0.1, 0.15) is 0 Å². The minimum absolute atomic E-state index is 0.924. The Balaban J connectivity index is 1.59. The minimum Gasteiger partial charge on any atom is -0.299 e. The summed E-state index contributed by atoms with van der Waals surface area (Å²) in [5, 5.41) is 0. The van der Waals surface area contributed by atoms with Crippen LogP contribution >= 0.6 is 0 Å². The number of likely N-dealkylation sites (tertiary alicyclic amines) is 1. The highest BCUT2D eigenvalue weighted by Crippen LogP contribution is 2.38. The zero-order valence-electron chi connectivity index (χ0n) is 11.1. The molecule has 2 unspecified atom stereocenters. The standard InChI is InChI=1S/C17H23N/c1-14-7-8-17-13-18(10-9-16(17)11-14)12-15-5-3-2-4-6-15/h2-6,16-17H,1,7-13H2. The van der Waals surface area contributed by atoms with E-state index in [2.05, 4.69) is 41.8 Å². The summed E-state index contributed by atoms with van der Waals surface area (Å²) in [6.07, 6.45) is 5.30. The summed E-state index contributed by atoms with van der Waals surface area (Å²) in [4.78, 5) is 2.64. The van der Waals surface area contributed by atoms with Crippen molar-refractivity contribution in [3.8, 4) is 0 Å². The number of hydrogen-bond donors (Lipinski definition) is 0. The summed E-state index contributed by atoms with van der Waals surface area (Å²) < 4.78 is 0. The third-order valence-electron chi connectivity index (χ3n) is 4.64. The molecule has 0 radical (unpaired) electrons. The van der Waals surface area contributed by atoms with Crippen LogP contribution in [0.2, 0.25) is 0 Å². The first kappa shape index (κ1) is 12.0. The van der Waals surface area contributed by atoms with E-state index < -0.39 is 0 Å². The fourth-order valence-corrected chi connectivity index (χ4v) is 3.60. The van der Waals surface area contributed by atoms with E-state index in [-0.39, 0.29) is 0 Å². The summed E-state index contributed by atoms with van der Waals surface area (Å²) in [5.74, 6) is 1.85. The molecule has 96 valence electrons. The third kappa shape index (κ3) is 2.67. The maximum atomic E-state index is 4.18. The summed E-state index contributed by atoms with van der Waals surface area (Å²) in [7, 11) is 0. The van der Waals surface area contributed by atoms with Gasteiger partial charge in [-0.15, -0.1) is 0 Å². The molecular weight excluding hydrogens is 218 g/mol. The van der Waals surface area contributed by atoms with Crippen LogP contribution in [0, 0.1) is 11.8 Å². The van der Waals surface area contributed by atoms with Gasteiger partial charge in [-0.1, -0.05) is 42.5 Å². The second-order valence-corrected chi connectivity index (χ2v) is 6.02. The van der Waals surface area contributed by atoms with E-state index in [1.54, 1.807) is 0 Å². The summed E-state index contributed by atoms with van der Waals surface area (Å²) in [6.45, 7) is 7.87. The lowest BCUT2D eigenvalue weighted by atomic mass is 9.73. The number of allylic oxidation sites excluding steroid dienone is 1. The zero-order chi connectivity index (χ0) is 12.4. The molecule has 0 spiro atoms. The number of piperidine rings is 1. The van der Waals surface area contributed by atoms with Crippen LogP contribution in [-0.4, -0.2) is 18.0 Å². The molecule has 3 rings (SSSR count). The topological polar surface area (TPSA) is 3.24 Å². The molecule has 1 heteroatoms. The molecule has 1 saturated heterocycles. The number of hydrogen-bond acceptors (Lipinski definition) is 1. The van der Waals surface area contributed by atoms with E-state index in [1.807, 2.05) is 0 Å². The highest BCUT2D eigenvalue weighted by Gasteiger charge is 2.31. The van der Waals surface area contributed by atoms with Gasteiger partial charge < -0.3 is 0 Å². The van der Waals surface area contributed by atoms with Crippen LogP contribution in [0.3, 0.4) is 0 Å². The molecule has 18 heavy (non-hydrogen) atoms. The average Bonchev–Trinajstić information content (AvgIpc) is 2.40. The second-order valence-electron chi connectivity index (χ2n) is 6.02. The molecule has 2 atom stereocenters. The Labute approximate surface area is 111 Å². The molecule has 2 fully saturated rings. The summed E-state index contributed by atoms with van der Waals surface area (Å²) >= 11 is 0. The largest absolute Gasteiger partial charge is 0.299 e. The average molecular weight is 241 g/mol. The smallest absolute Gasteiger partial charge is 0.0233 e. The Morgan fingerprint density at radius 1 is 1.11 bits per heavy atom. The Bertz CT molecular complexity index is 409. The van der Waals surface area contributed by atoms with Crippen molar-refractivity contribution in [3.63, 3.8) is 0 Å². The van der Waals surface area contributed by atoms with Gasteiger partial charge >= 0.3 is 0 Å². The molecule has 1 aliphatic carbocycles. The van der Waals surface area contributed by atoms with Crippen LogP contribution in [-0.2, 0) is 6.54 Å². The second kappa shape index (κ2) is 5.27. The predicted molar refractivity (Wildman–Crippen MR) is 76.3 cm³/mol. The molecule has 1 aromatic carbocycles. The lowest BCUT2D eigenvalue weighted by Gasteiger charge is -2.42. The van der Waals surface area contributed by atoms with Crippen molar-refractivity contribution in [2.45, 2.75) is 32.2 Å². The number of rotatable bonds is 2. The molecule has 1 nitrogen and oxygen atoms in total. The van der Waals surface area contributed by atoms with Gasteiger partial charge in [-0.2, -0.15) is 0 Å². The first-order chi connectivity index (χ1) is 8.81. The normalized spacial score (nSPS) is 29.0. The van der Waals surface area contributed by atoms with Gasteiger partial charge in [-0.3, -0.25) is 4.90 Å². The lowest BCUT2D eigenvalue weighted by Crippen LogP contribution is -2.41. The van der Waals surface area contributed by atoms with E-state index in [9.17, 15) is 0 Å². The van der Waals surface area contributed by atoms with Crippen LogP contribution in [0.25, 0.3) is 0 Å². The Morgan fingerprint density at radius 3 is 2.78 bits per heavy atom. The fourth-order valence-electron chi connectivity index (χ4n) is 3.60. The van der Waals surface area contributed by atoms with Gasteiger partial charge in [0, 0.05) is 13.1 Å². The molecule has 0 bridgehead atoms. The molecule has 0 aromatic heterocycles. The number of nitrogens with zero attached hydrogens (tertiary/aromatic N) is 1. The van der Waals surface area contributed by atoms with Crippen LogP contribution < -0.4 is 0 Å². The van der Waals surface area contributed by atoms with E-state index in [4.69, 9.17) is 0 Å². The van der Waals surface area contributed by atoms with Crippen LogP contribution in [0.15, 0.2) is 42.5 Å². The van der Waals surface area contributed by atoms with Crippen molar-refractivity contribution in [3.05, 3.63) is 48.0 Å².